The quantitative estimate of drug-likeness (QED) is 0.525. The minimum absolute atomic E-state index is 0.360. The van der Waals surface area contributed by atoms with Gasteiger partial charge in [-0.3, -0.25) is 4.99 Å². The Morgan fingerprint density at radius 1 is 1.19 bits per heavy atom. The van der Waals surface area contributed by atoms with Crippen LogP contribution in [0.1, 0.15) is 43.2 Å². The van der Waals surface area contributed by atoms with Gasteiger partial charge in [0.05, 0.1) is 0 Å². The number of nitrogens with one attached hydrogen (secondary N) is 2. The highest BCUT2D eigenvalue weighted by Crippen LogP contribution is 2.40. The number of ether oxygens (including phenoxy) is 1. The summed E-state index contributed by atoms with van der Waals surface area (Å²) in [4.78, 5) is 6.59. The molecule has 2 N–H and O–H groups in total. The highest BCUT2D eigenvalue weighted by Gasteiger charge is 2.33. The Morgan fingerprint density at radius 2 is 1.92 bits per heavy atom. The summed E-state index contributed by atoms with van der Waals surface area (Å²) in [6, 6.07) is 8.73. The maximum atomic E-state index is 5.33. The van der Waals surface area contributed by atoms with Crippen LogP contribution in [0.3, 0.4) is 0 Å². The number of hydrogen-bond donors (Lipinski definition) is 2. The number of aliphatic imine (C=N–C) groups is 1. The smallest absolute Gasteiger partial charge is 0.191 e. The lowest BCUT2D eigenvalue weighted by atomic mass is 9.83. The molecule has 1 aromatic rings. The molecule has 0 heterocycles. The number of methoxy groups -OCH3 is 1. The van der Waals surface area contributed by atoms with Gasteiger partial charge in [-0.15, -0.1) is 0 Å². The molecule has 0 aliphatic heterocycles. The number of benzene rings is 1. The van der Waals surface area contributed by atoms with Gasteiger partial charge in [0.1, 0.15) is 0 Å². The zero-order chi connectivity index (χ0) is 18.8. The van der Waals surface area contributed by atoms with Crippen molar-refractivity contribution in [1.82, 2.24) is 15.5 Å². The zero-order valence-corrected chi connectivity index (χ0v) is 17.0. The molecular formula is C21H36N4O. The van der Waals surface area contributed by atoms with E-state index in [2.05, 4.69) is 58.9 Å². The number of nitrogens with zero attached hydrogens (tertiary/aromatic N) is 2. The third kappa shape index (κ3) is 6.61. The Kier molecular flexibility index (Phi) is 8.39. The second-order valence-electron chi connectivity index (χ2n) is 7.79. The molecule has 0 saturated heterocycles. The van der Waals surface area contributed by atoms with Crippen LogP contribution < -0.4 is 10.6 Å². The van der Waals surface area contributed by atoms with Gasteiger partial charge in [0.25, 0.3) is 0 Å². The molecule has 0 bridgehead atoms. The summed E-state index contributed by atoms with van der Waals surface area (Å²) < 4.78 is 5.33. The summed E-state index contributed by atoms with van der Waals surface area (Å²) in [5.41, 5.74) is 2.98. The monoisotopic (exact) mass is 360 g/mol. The molecule has 5 nitrogen and oxygen atoms in total. The first-order valence-corrected chi connectivity index (χ1v) is 9.73. The maximum absolute atomic E-state index is 5.33. The molecule has 146 valence electrons. The molecule has 0 unspecified atom stereocenters. The van der Waals surface area contributed by atoms with E-state index in [1.54, 1.807) is 7.11 Å². The van der Waals surface area contributed by atoms with Crippen molar-refractivity contribution in [2.45, 2.75) is 45.2 Å². The van der Waals surface area contributed by atoms with Gasteiger partial charge >= 0.3 is 0 Å². The van der Waals surface area contributed by atoms with E-state index in [4.69, 9.17) is 4.74 Å². The molecule has 0 atom stereocenters. The molecule has 0 aromatic heterocycles. The first kappa shape index (κ1) is 20.7. The summed E-state index contributed by atoms with van der Waals surface area (Å²) in [7, 11) is 7.83. The van der Waals surface area contributed by atoms with Crippen LogP contribution in [-0.2, 0) is 17.8 Å². The van der Waals surface area contributed by atoms with Crippen LogP contribution in [0.5, 0.6) is 0 Å². The van der Waals surface area contributed by atoms with Gasteiger partial charge in [0.2, 0.25) is 0 Å². The second-order valence-corrected chi connectivity index (χ2v) is 7.79. The molecule has 1 aliphatic rings. The molecule has 26 heavy (non-hydrogen) atoms. The van der Waals surface area contributed by atoms with Crippen molar-refractivity contribution in [3.63, 3.8) is 0 Å². The van der Waals surface area contributed by atoms with Gasteiger partial charge in [-0.2, -0.15) is 0 Å². The number of hydrogen-bond acceptors (Lipinski definition) is 3. The van der Waals surface area contributed by atoms with E-state index in [1.807, 2.05) is 7.05 Å². The molecule has 5 heteroatoms. The fraction of sp³-hybridized carbons (Fsp3) is 0.667. The molecule has 0 radical (unpaired) electrons. The summed E-state index contributed by atoms with van der Waals surface area (Å²) >= 11 is 0. The second kappa shape index (κ2) is 10.5. The zero-order valence-electron chi connectivity index (χ0n) is 17.0. The molecule has 1 aromatic carbocycles. The Bertz CT molecular complexity index is 565. The molecule has 2 rings (SSSR count). The van der Waals surface area contributed by atoms with Gasteiger partial charge in [0, 0.05) is 40.4 Å². The third-order valence-corrected chi connectivity index (χ3v) is 5.31. The first-order chi connectivity index (χ1) is 12.6. The normalized spacial score (nSPS) is 16.9. The van der Waals surface area contributed by atoms with Crippen LogP contribution in [0.15, 0.2) is 29.3 Å². The lowest BCUT2D eigenvalue weighted by molar-refractivity contribution is 0.138. The van der Waals surface area contributed by atoms with Crippen molar-refractivity contribution in [1.29, 1.82) is 0 Å². The molecular weight excluding hydrogens is 324 g/mol. The van der Waals surface area contributed by atoms with Crippen molar-refractivity contribution in [2.75, 3.05) is 41.4 Å². The number of guanidine groups is 1. The molecule has 1 saturated carbocycles. The van der Waals surface area contributed by atoms with E-state index in [-0.39, 0.29) is 0 Å². The summed E-state index contributed by atoms with van der Waals surface area (Å²) in [5, 5.41) is 7.01. The van der Waals surface area contributed by atoms with Gasteiger partial charge < -0.3 is 20.3 Å². The van der Waals surface area contributed by atoms with Crippen LogP contribution in [0, 0.1) is 5.41 Å². The summed E-state index contributed by atoms with van der Waals surface area (Å²) in [6.07, 6.45) is 6.35. The SMILES string of the molecule is CN=C(NCc1cccc(CN(C)C)c1)NCC1(CCOC)CCCC1. The van der Waals surface area contributed by atoms with Crippen LogP contribution in [-0.4, -0.2) is 52.3 Å². The van der Waals surface area contributed by atoms with Crippen molar-refractivity contribution in [3.8, 4) is 0 Å². The van der Waals surface area contributed by atoms with Crippen molar-refractivity contribution >= 4 is 5.96 Å². The molecule has 1 fully saturated rings. The van der Waals surface area contributed by atoms with E-state index in [9.17, 15) is 0 Å². The Hall–Kier alpha value is -1.59. The van der Waals surface area contributed by atoms with Crippen LogP contribution >= 0.6 is 0 Å². The highest BCUT2D eigenvalue weighted by molar-refractivity contribution is 5.79. The first-order valence-electron chi connectivity index (χ1n) is 9.73. The standard InChI is InChI=1S/C21H36N4O/c1-22-20(24-17-21(12-13-26-4)10-5-6-11-21)23-15-18-8-7-9-19(14-18)16-25(2)3/h7-9,14H,5-6,10-13,15-17H2,1-4H3,(H2,22,23,24). The predicted molar refractivity (Wildman–Crippen MR) is 109 cm³/mol. The lowest BCUT2D eigenvalue weighted by Gasteiger charge is -2.30. The largest absolute Gasteiger partial charge is 0.385 e. The maximum Gasteiger partial charge on any atom is 0.191 e. The molecule has 0 amide bonds. The van der Waals surface area contributed by atoms with E-state index in [1.165, 1.54) is 36.8 Å². The number of rotatable bonds is 9. The average molecular weight is 361 g/mol. The minimum Gasteiger partial charge on any atom is -0.385 e. The summed E-state index contributed by atoms with van der Waals surface area (Å²) in [5.74, 6) is 0.881. The van der Waals surface area contributed by atoms with Gasteiger partial charge in [-0.25, -0.2) is 0 Å². The lowest BCUT2D eigenvalue weighted by Crippen LogP contribution is -2.43. The van der Waals surface area contributed by atoms with Crippen LogP contribution in [0.25, 0.3) is 0 Å². The molecule has 0 spiro atoms. The Labute approximate surface area is 159 Å². The Balaban J connectivity index is 1.85. The van der Waals surface area contributed by atoms with Crippen molar-refractivity contribution in [3.05, 3.63) is 35.4 Å². The van der Waals surface area contributed by atoms with E-state index in [0.29, 0.717) is 5.41 Å². The molecule has 1 aliphatic carbocycles. The van der Waals surface area contributed by atoms with Gasteiger partial charge in [0.15, 0.2) is 5.96 Å². The van der Waals surface area contributed by atoms with Crippen molar-refractivity contribution in [2.24, 2.45) is 10.4 Å². The third-order valence-electron chi connectivity index (χ3n) is 5.31. The minimum atomic E-state index is 0.360. The van der Waals surface area contributed by atoms with Gasteiger partial charge in [-0.05, 0) is 49.9 Å². The van der Waals surface area contributed by atoms with E-state index >= 15 is 0 Å². The fourth-order valence-electron chi connectivity index (χ4n) is 3.84. The van der Waals surface area contributed by atoms with Crippen molar-refractivity contribution < 1.29 is 4.74 Å². The van der Waals surface area contributed by atoms with E-state index < -0.39 is 0 Å². The van der Waals surface area contributed by atoms with E-state index in [0.717, 1.165) is 38.6 Å². The topological polar surface area (TPSA) is 48.9 Å². The highest BCUT2D eigenvalue weighted by atomic mass is 16.5. The van der Waals surface area contributed by atoms with Gasteiger partial charge in [-0.1, -0.05) is 37.1 Å². The fourth-order valence-corrected chi connectivity index (χ4v) is 3.84. The predicted octanol–water partition coefficient (Wildman–Crippen LogP) is 3.01. The summed E-state index contributed by atoms with van der Waals surface area (Å²) in [6.45, 7) is 3.55. The van der Waals surface area contributed by atoms with Crippen LogP contribution in [0.2, 0.25) is 0 Å². The Morgan fingerprint density at radius 3 is 2.58 bits per heavy atom. The van der Waals surface area contributed by atoms with Crippen LogP contribution in [0.4, 0.5) is 0 Å². The average Bonchev–Trinajstić information content (AvgIpc) is 3.09.